The van der Waals surface area contributed by atoms with Crippen molar-refractivity contribution in [3.63, 3.8) is 0 Å². The second kappa shape index (κ2) is 36.6. The summed E-state index contributed by atoms with van der Waals surface area (Å²) in [5, 5.41) is 0. The van der Waals surface area contributed by atoms with E-state index in [4.69, 9.17) is 52.1 Å². The third kappa shape index (κ3) is 37.6. The summed E-state index contributed by atoms with van der Waals surface area (Å²) in [5.74, 6) is 0. The zero-order valence-corrected chi connectivity index (χ0v) is 25.7. The predicted molar refractivity (Wildman–Crippen MR) is 153 cm³/mol. The number of hydrogen-bond acceptors (Lipinski definition) is 11. The molecular formula is C29H60O11. The van der Waals surface area contributed by atoms with Gasteiger partial charge in [0.25, 0.3) is 0 Å². The standard InChI is InChI=1S/C29H60O11/c1-4-5-6-7-8-30-9-10-31-11-12-32-13-14-33-15-16-34-17-18-35-19-20-36-21-22-37-23-24-38-25-26-39-27-28-40-29(2)3/h29H,4-28H2,1-3H3. The first kappa shape index (κ1) is 39.6. The summed E-state index contributed by atoms with van der Waals surface area (Å²) in [4.78, 5) is 0. The highest BCUT2D eigenvalue weighted by Crippen LogP contribution is 1.98. The van der Waals surface area contributed by atoms with Crippen LogP contribution in [0.2, 0.25) is 0 Å². The molecule has 0 aromatic heterocycles. The van der Waals surface area contributed by atoms with Crippen LogP contribution < -0.4 is 0 Å². The molecule has 0 saturated carbocycles. The van der Waals surface area contributed by atoms with Gasteiger partial charge in [0, 0.05) is 6.61 Å². The summed E-state index contributed by atoms with van der Waals surface area (Å²) < 4.78 is 60.0. The monoisotopic (exact) mass is 584 g/mol. The van der Waals surface area contributed by atoms with Crippen molar-refractivity contribution < 1.29 is 52.1 Å². The minimum absolute atomic E-state index is 0.236. The van der Waals surface area contributed by atoms with Gasteiger partial charge in [-0.05, 0) is 20.3 Å². The quantitative estimate of drug-likeness (QED) is 0.102. The second-order valence-corrected chi connectivity index (χ2v) is 9.10. The summed E-state index contributed by atoms with van der Waals surface area (Å²) in [7, 11) is 0. The lowest BCUT2D eigenvalue weighted by molar-refractivity contribution is -0.0286. The van der Waals surface area contributed by atoms with Crippen LogP contribution in [0.3, 0.4) is 0 Å². The molecule has 0 aromatic carbocycles. The van der Waals surface area contributed by atoms with Gasteiger partial charge >= 0.3 is 0 Å². The lowest BCUT2D eigenvalue weighted by atomic mass is 10.2. The van der Waals surface area contributed by atoms with Crippen molar-refractivity contribution in [3.05, 3.63) is 0 Å². The Morgan fingerprint density at radius 2 is 0.550 bits per heavy atom. The van der Waals surface area contributed by atoms with Crippen LogP contribution in [0.5, 0.6) is 0 Å². The number of hydrogen-bond donors (Lipinski definition) is 0. The molecule has 0 aliphatic carbocycles. The molecule has 40 heavy (non-hydrogen) atoms. The van der Waals surface area contributed by atoms with E-state index in [1.54, 1.807) is 0 Å². The van der Waals surface area contributed by atoms with Crippen LogP contribution in [0.1, 0.15) is 46.5 Å². The molecule has 0 radical (unpaired) electrons. The van der Waals surface area contributed by atoms with E-state index in [0.29, 0.717) is 132 Å². The van der Waals surface area contributed by atoms with E-state index >= 15 is 0 Å². The first-order valence-corrected chi connectivity index (χ1v) is 15.2. The van der Waals surface area contributed by atoms with E-state index in [0.717, 1.165) is 13.0 Å². The minimum atomic E-state index is 0.236. The van der Waals surface area contributed by atoms with Gasteiger partial charge in [-0.15, -0.1) is 0 Å². The molecule has 0 aromatic rings. The molecular weight excluding hydrogens is 524 g/mol. The van der Waals surface area contributed by atoms with Gasteiger partial charge in [-0.25, -0.2) is 0 Å². The van der Waals surface area contributed by atoms with Crippen LogP contribution in [0.15, 0.2) is 0 Å². The molecule has 0 aliphatic rings. The largest absolute Gasteiger partial charge is 0.379 e. The van der Waals surface area contributed by atoms with Crippen molar-refractivity contribution in [2.75, 3.05) is 139 Å². The average molecular weight is 585 g/mol. The van der Waals surface area contributed by atoms with Gasteiger partial charge in [0.2, 0.25) is 0 Å². The lowest BCUT2D eigenvalue weighted by Gasteiger charge is -2.09. The van der Waals surface area contributed by atoms with E-state index in [1.807, 2.05) is 13.8 Å². The molecule has 0 saturated heterocycles. The number of unbranched alkanes of at least 4 members (excludes halogenated alkanes) is 3. The fourth-order valence-electron chi connectivity index (χ4n) is 3.05. The Morgan fingerprint density at radius 1 is 0.300 bits per heavy atom. The zero-order chi connectivity index (χ0) is 29.0. The van der Waals surface area contributed by atoms with Crippen LogP contribution in [0.25, 0.3) is 0 Å². The number of rotatable bonds is 36. The van der Waals surface area contributed by atoms with Gasteiger partial charge in [-0.2, -0.15) is 0 Å². The molecule has 0 aliphatic heterocycles. The smallest absolute Gasteiger partial charge is 0.0703 e. The summed E-state index contributed by atoms with van der Waals surface area (Å²) >= 11 is 0. The zero-order valence-electron chi connectivity index (χ0n) is 25.7. The fourth-order valence-corrected chi connectivity index (χ4v) is 3.05. The van der Waals surface area contributed by atoms with Gasteiger partial charge in [0.05, 0.1) is 138 Å². The van der Waals surface area contributed by atoms with Crippen LogP contribution >= 0.6 is 0 Å². The first-order chi connectivity index (χ1) is 19.8. The highest BCUT2D eigenvalue weighted by Gasteiger charge is 1.97. The summed E-state index contributed by atoms with van der Waals surface area (Å²) in [6.45, 7) is 18.1. The third-order valence-corrected chi connectivity index (χ3v) is 5.17. The molecule has 0 bridgehead atoms. The fraction of sp³-hybridized carbons (Fsp3) is 1.00. The molecule has 0 unspecified atom stereocenters. The van der Waals surface area contributed by atoms with Crippen LogP contribution in [0.4, 0.5) is 0 Å². The van der Waals surface area contributed by atoms with Crippen molar-refractivity contribution in [2.24, 2.45) is 0 Å². The van der Waals surface area contributed by atoms with Gasteiger partial charge in [0.1, 0.15) is 0 Å². The number of ether oxygens (including phenoxy) is 11. The first-order valence-electron chi connectivity index (χ1n) is 15.2. The van der Waals surface area contributed by atoms with Gasteiger partial charge < -0.3 is 52.1 Å². The van der Waals surface area contributed by atoms with Crippen LogP contribution in [-0.2, 0) is 52.1 Å². The molecule has 11 heteroatoms. The van der Waals surface area contributed by atoms with Gasteiger partial charge in [-0.1, -0.05) is 26.2 Å². The third-order valence-electron chi connectivity index (χ3n) is 5.17. The maximum absolute atomic E-state index is 5.52. The molecule has 242 valence electrons. The van der Waals surface area contributed by atoms with E-state index in [1.165, 1.54) is 19.3 Å². The van der Waals surface area contributed by atoms with Gasteiger partial charge in [-0.3, -0.25) is 0 Å². The van der Waals surface area contributed by atoms with Crippen molar-refractivity contribution in [3.8, 4) is 0 Å². The van der Waals surface area contributed by atoms with Crippen LogP contribution in [0, 0.1) is 0 Å². The molecule has 0 rings (SSSR count). The molecule has 0 atom stereocenters. The van der Waals surface area contributed by atoms with Crippen molar-refractivity contribution >= 4 is 0 Å². The topological polar surface area (TPSA) is 102 Å². The maximum atomic E-state index is 5.52. The Labute approximate surface area is 243 Å². The van der Waals surface area contributed by atoms with Crippen molar-refractivity contribution in [2.45, 2.75) is 52.6 Å². The molecule has 0 fully saturated rings. The van der Waals surface area contributed by atoms with Crippen LogP contribution in [-0.4, -0.2) is 145 Å². The Hall–Kier alpha value is -0.440. The summed E-state index contributed by atoms with van der Waals surface area (Å²) in [5.41, 5.74) is 0. The Balaban J connectivity index is 3.02. The minimum Gasteiger partial charge on any atom is -0.379 e. The molecule has 0 amide bonds. The highest BCUT2D eigenvalue weighted by atomic mass is 16.6. The van der Waals surface area contributed by atoms with Crippen molar-refractivity contribution in [1.82, 2.24) is 0 Å². The predicted octanol–water partition coefficient (Wildman–Crippen LogP) is 3.16. The maximum Gasteiger partial charge on any atom is 0.0703 e. The Bertz CT molecular complexity index is 444. The molecule has 11 nitrogen and oxygen atoms in total. The van der Waals surface area contributed by atoms with E-state index < -0.39 is 0 Å². The summed E-state index contributed by atoms with van der Waals surface area (Å²) in [6.07, 6.45) is 5.14. The molecule has 0 spiro atoms. The Morgan fingerprint density at radius 3 is 0.800 bits per heavy atom. The Kier molecular flexibility index (Phi) is 36.2. The molecule has 0 heterocycles. The van der Waals surface area contributed by atoms with E-state index in [2.05, 4.69) is 6.92 Å². The summed E-state index contributed by atoms with van der Waals surface area (Å²) in [6, 6.07) is 0. The lowest BCUT2D eigenvalue weighted by Crippen LogP contribution is -2.15. The molecule has 0 N–H and O–H groups in total. The second-order valence-electron chi connectivity index (χ2n) is 9.10. The highest BCUT2D eigenvalue weighted by molar-refractivity contribution is 4.41. The van der Waals surface area contributed by atoms with Gasteiger partial charge in [0.15, 0.2) is 0 Å². The average Bonchev–Trinajstić information content (AvgIpc) is 2.95. The van der Waals surface area contributed by atoms with E-state index in [-0.39, 0.29) is 6.10 Å². The normalized spacial score (nSPS) is 11.7. The van der Waals surface area contributed by atoms with E-state index in [9.17, 15) is 0 Å². The van der Waals surface area contributed by atoms with Crippen molar-refractivity contribution in [1.29, 1.82) is 0 Å². The SMILES string of the molecule is CCCCCCOCCOCCOCCOCCOCCOCCOCCOCCOCCOCCOC(C)C.